The fraction of sp³-hybridized carbons (Fsp3) is 0.562. The van der Waals surface area contributed by atoms with E-state index in [1.807, 2.05) is 11.2 Å². The highest BCUT2D eigenvalue weighted by atomic mass is 32.2. The molecule has 2 aliphatic rings. The molecule has 126 valence electrons. The third kappa shape index (κ3) is 3.89. The molecule has 1 aliphatic carbocycles. The second-order valence-corrected chi connectivity index (χ2v) is 8.67. The van der Waals surface area contributed by atoms with Crippen molar-refractivity contribution in [1.29, 1.82) is 0 Å². The molecule has 3 rings (SSSR count). The van der Waals surface area contributed by atoms with Gasteiger partial charge in [-0.1, -0.05) is 0 Å². The molecule has 1 amide bonds. The Morgan fingerprint density at radius 2 is 1.91 bits per heavy atom. The highest BCUT2D eigenvalue weighted by Gasteiger charge is 2.29. The number of nitrogens with one attached hydrogen (secondary N) is 1. The highest BCUT2D eigenvalue weighted by molar-refractivity contribution is 7.98. The van der Waals surface area contributed by atoms with E-state index in [1.165, 1.54) is 17.8 Å². The van der Waals surface area contributed by atoms with Crippen LogP contribution in [0.3, 0.4) is 0 Å². The van der Waals surface area contributed by atoms with Gasteiger partial charge in [0.2, 0.25) is 10.0 Å². The van der Waals surface area contributed by atoms with Crippen molar-refractivity contribution in [2.24, 2.45) is 0 Å². The van der Waals surface area contributed by atoms with Crippen LogP contribution in [0.2, 0.25) is 0 Å². The summed E-state index contributed by atoms with van der Waals surface area (Å²) in [6.45, 7) is 1.51. The zero-order valence-corrected chi connectivity index (χ0v) is 14.9. The summed E-state index contributed by atoms with van der Waals surface area (Å²) in [6.07, 6.45) is 6.87. The van der Waals surface area contributed by atoms with E-state index in [0.717, 1.165) is 50.1 Å². The predicted molar refractivity (Wildman–Crippen MR) is 91.3 cm³/mol. The Morgan fingerprint density at radius 3 is 2.52 bits per heavy atom. The molecule has 1 aromatic rings. The van der Waals surface area contributed by atoms with Gasteiger partial charge < -0.3 is 4.90 Å². The summed E-state index contributed by atoms with van der Waals surface area (Å²) in [7, 11) is -3.54. The summed E-state index contributed by atoms with van der Waals surface area (Å²) in [6, 6.07) is 4.92. The van der Waals surface area contributed by atoms with E-state index in [-0.39, 0.29) is 16.8 Å². The fourth-order valence-corrected chi connectivity index (χ4v) is 4.68. The van der Waals surface area contributed by atoms with Crippen molar-refractivity contribution in [3.8, 4) is 0 Å². The molecule has 7 heteroatoms. The Hall–Kier alpha value is -1.05. The van der Waals surface area contributed by atoms with E-state index >= 15 is 0 Å². The van der Waals surface area contributed by atoms with Gasteiger partial charge in [-0.3, -0.25) is 4.79 Å². The van der Waals surface area contributed by atoms with Crippen LogP contribution in [-0.4, -0.2) is 44.6 Å². The summed E-state index contributed by atoms with van der Waals surface area (Å²) < 4.78 is 27.5. The molecule has 0 atom stereocenters. The van der Waals surface area contributed by atoms with Crippen molar-refractivity contribution in [2.45, 2.75) is 47.9 Å². The lowest BCUT2D eigenvalue weighted by atomic mass is 10.1. The third-order valence-electron chi connectivity index (χ3n) is 4.25. The lowest BCUT2D eigenvalue weighted by Gasteiger charge is -2.27. The van der Waals surface area contributed by atoms with Gasteiger partial charge in [-0.05, 0) is 56.6 Å². The molecule has 5 nitrogen and oxygen atoms in total. The maximum absolute atomic E-state index is 12.8. The monoisotopic (exact) mass is 354 g/mol. The zero-order chi connectivity index (χ0) is 16.4. The predicted octanol–water partition coefficient (Wildman–Crippen LogP) is 2.48. The number of amides is 1. The van der Waals surface area contributed by atoms with Crippen LogP contribution < -0.4 is 4.72 Å². The number of hydrogen-bond donors (Lipinski definition) is 1. The standard InChI is InChI=1S/C16H22N2O3S2/c1-22-15-8-7-13(23(20,21)17-12-5-6-12)11-14(15)16(19)18-9-3-2-4-10-18/h7-8,11-12,17H,2-6,9-10H2,1H3. The van der Waals surface area contributed by atoms with E-state index in [2.05, 4.69) is 4.72 Å². The number of piperidine rings is 1. The van der Waals surface area contributed by atoms with Crippen molar-refractivity contribution < 1.29 is 13.2 Å². The molecule has 1 saturated heterocycles. The minimum Gasteiger partial charge on any atom is -0.339 e. The molecular weight excluding hydrogens is 332 g/mol. The van der Waals surface area contributed by atoms with Crippen molar-refractivity contribution in [3.05, 3.63) is 23.8 Å². The minimum atomic E-state index is -3.54. The molecule has 1 saturated carbocycles. The number of carbonyl (C=O) groups is 1. The maximum atomic E-state index is 12.8. The number of carbonyl (C=O) groups excluding carboxylic acids is 1. The SMILES string of the molecule is CSc1ccc(S(=O)(=O)NC2CC2)cc1C(=O)N1CCCCC1. The summed E-state index contributed by atoms with van der Waals surface area (Å²) in [5.41, 5.74) is 0.498. The Bertz CT molecular complexity index is 693. The molecule has 1 N–H and O–H groups in total. The summed E-state index contributed by atoms with van der Waals surface area (Å²) in [4.78, 5) is 15.6. The Balaban J connectivity index is 1.90. The molecule has 1 aromatic carbocycles. The average Bonchev–Trinajstić information content (AvgIpc) is 3.37. The topological polar surface area (TPSA) is 66.5 Å². The number of sulfonamides is 1. The van der Waals surface area contributed by atoms with Crippen molar-refractivity contribution in [1.82, 2.24) is 9.62 Å². The first-order valence-corrected chi connectivity index (χ1v) is 10.7. The molecule has 1 aliphatic heterocycles. The van der Waals surface area contributed by atoms with E-state index in [9.17, 15) is 13.2 Å². The van der Waals surface area contributed by atoms with E-state index < -0.39 is 10.0 Å². The molecule has 0 bridgehead atoms. The summed E-state index contributed by atoms with van der Waals surface area (Å²) >= 11 is 1.47. The van der Waals surface area contributed by atoms with Crippen LogP contribution in [0.15, 0.2) is 28.0 Å². The van der Waals surface area contributed by atoms with Gasteiger partial charge in [0, 0.05) is 24.0 Å². The van der Waals surface area contributed by atoms with Gasteiger partial charge in [0.25, 0.3) is 5.91 Å². The van der Waals surface area contributed by atoms with Crippen molar-refractivity contribution in [2.75, 3.05) is 19.3 Å². The quantitative estimate of drug-likeness (QED) is 0.825. The largest absolute Gasteiger partial charge is 0.339 e. The van der Waals surface area contributed by atoms with Gasteiger partial charge in [0.05, 0.1) is 10.5 Å². The molecule has 0 aromatic heterocycles. The first-order chi connectivity index (χ1) is 11.0. The zero-order valence-electron chi connectivity index (χ0n) is 13.2. The second-order valence-electron chi connectivity index (χ2n) is 6.11. The van der Waals surface area contributed by atoms with E-state index in [1.54, 1.807) is 12.1 Å². The number of likely N-dealkylation sites (tertiary alicyclic amines) is 1. The number of benzene rings is 1. The number of hydrogen-bond acceptors (Lipinski definition) is 4. The van der Waals surface area contributed by atoms with Crippen LogP contribution in [-0.2, 0) is 10.0 Å². The van der Waals surface area contributed by atoms with Gasteiger partial charge in [0.15, 0.2) is 0 Å². The maximum Gasteiger partial charge on any atom is 0.255 e. The van der Waals surface area contributed by atoms with Crippen molar-refractivity contribution >= 4 is 27.7 Å². The van der Waals surface area contributed by atoms with E-state index in [4.69, 9.17) is 0 Å². The average molecular weight is 354 g/mol. The van der Waals surface area contributed by atoms with E-state index in [0.29, 0.717) is 5.56 Å². The van der Waals surface area contributed by atoms with Crippen LogP contribution in [0.4, 0.5) is 0 Å². The van der Waals surface area contributed by atoms with Crippen LogP contribution in [0.25, 0.3) is 0 Å². The Kier molecular flexibility index (Phi) is 4.98. The molecule has 0 radical (unpaired) electrons. The lowest BCUT2D eigenvalue weighted by Crippen LogP contribution is -2.36. The number of rotatable bonds is 5. The molecular formula is C16H22N2O3S2. The first kappa shape index (κ1) is 16.8. The van der Waals surface area contributed by atoms with Crippen LogP contribution >= 0.6 is 11.8 Å². The normalized spacial score (nSPS) is 18.9. The highest BCUT2D eigenvalue weighted by Crippen LogP contribution is 2.27. The number of thioether (sulfide) groups is 1. The Morgan fingerprint density at radius 1 is 1.22 bits per heavy atom. The minimum absolute atomic E-state index is 0.0569. The van der Waals surface area contributed by atoms with Crippen molar-refractivity contribution in [3.63, 3.8) is 0 Å². The van der Waals surface area contributed by atoms with Gasteiger partial charge in [-0.15, -0.1) is 11.8 Å². The molecule has 23 heavy (non-hydrogen) atoms. The second kappa shape index (κ2) is 6.83. The smallest absolute Gasteiger partial charge is 0.255 e. The van der Waals surface area contributed by atoms with Crippen LogP contribution in [0, 0.1) is 0 Å². The lowest BCUT2D eigenvalue weighted by molar-refractivity contribution is 0.0720. The summed E-state index contributed by atoms with van der Waals surface area (Å²) in [5.74, 6) is -0.0579. The summed E-state index contributed by atoms with van der Waals surface area (Å²) in [5, 5.41) is 0. The molecule has 0 unspecified atom stereocenters. The van der Waals surface area contributed by atoms with Crippen LogP contribution in [0.1, 0.15) is 42.5 Å². The third-order valence-corrected chi connectivity index (χ3v) is 6.57. The van der Waals surface area contributed by atoms with Gasteiger partial charge in [-0.2, -0.15) is 0 Å². The van der Waals surface area contributed by atoms with Gasteiger partial charge in [0.1, 0.15) is 0 Å². The molecule has 2 fully saturated rings. The fourth-order valence-electron chi connectivity index (χ4n) is 2.78. The number of nitrogens with zero attached hydrogens (tertiary/aromatic N) is 1. The van der Waals surface area contributed by atoms with Gasteiger partial charge in [-0.25, -0.2) is 13.1 Å². The first-order valence-electron chi connectivity index (χ1n) is 8.01. The Labute approximate surface area is 141 Å². The van der Waals surface area contributed by atoms with Gasteiger partial charge >= 0.3 is 0 Å². The molecule has 1 heterocycles. The molecule has 0 spiro atoms. The van der Waals surface area contributed by atoms with Crippen LogP contribution in [0.5, 0.6) is 0 Å².